The molecule has 0 bridgehead atoms. The smallest absolute Gasteiger partial charge is 0.122 e. The highest BCUT2D eigenvalue weighted by Crippen LogP contribution is 2.22. The highest BCUT2D eigenvalue weighted by molar-refractivity contribution is 5.39. The molecule has 2 atom stereocenters. The molecule has 2 rings (SSSR count). The van der Waals surface area contributed by atoms with Crippen molar-refractivity contribution in [2.75, 3.05) is 0 Å². The fourth-order valence-electron chi connectivity index (χ4n) is 2.18. The molecule has 20 heavy (non-hydrogen) atoms. The summed E-state index contributed by atoms with van der Waals surface area (Å²) in [5.74, 6) is 0.321. The molecular weight excluding hydrogens is 250 g/mol. The van der Waals surface area contributed by atoms with Crippen molar-refractivity contribution in [1.29, 1.82) is 0 Å². The van der Waals surface area contributed by atoms with Crippen LogP contribution >= 0.6 is 0 Å². The molecule has 0 aromatic heterocycles. The van der Waals surface area contributed by atoms with E-state index in [0.29, 0.717) is 12.3 Å². The molecule has 0 aliphatic carbocycles. The van der Waals surface area contributed by atoms with E-state index in [9.17, 15) is 10.2 Å². The van der Waals surface area contributed by atoms with Gasteiger partial charge in [-0.2, -0.15) is 0 Å². The third kappa shape index (κ3) is 3.38. The zero-order valence-corrected chi connectivity index (χ0v) is 11.9. The number of phenolic OH excluding ortho intramolecular Hbond substituents is 1. The van der Waals surface area contributed by atoms with Crippen molar-refractivity contribution in [2.45, 2.75) is 32.5 Å². The van der Waals surface area contributed by atoms with Gasteiger partial charge in [0.25, 0.3) is 0 Å². The predicted molar refractivity (Wildman–Crippen MR) is 80.5 cm³/mol. The maximum atomic E-state index is 10.3. The Morgan fingerprint density at radius 1 is 1.05 bits per heavy atom. The average molecular weight is 271 g/mol. The molecule has 0 aliphatic rings. The van der Waals surface area contributed by atoms with Gasteiger partial charge in [0.15, 0.2) is 0 Å². The third-order valence-corrected chi connectivity index (χ3v) is 3.55. The Balaban J connectivity index is 1.98. The Bertz CT molecular complexity index is 554. The summed E-state index contributed by atoms with van der Waals surface area (Å²) in [6, 6.07) is 15.2. The number of aliphatic hydroxyl groups is 1. The molecule has 2 aromatic rings. The van der Waals surface area contributed by atoms with Crippen LogP contribution in [-0.4, -0.2) is 16.3 Å². The molecule has 0 saturated carbocycles. The summed E-state index contributed by atoms with van der Waals surface area (Å²) in [6.07, 6.45) is -0.567. The minimum atomic E-state index is -0.567. The summed E-state index contributed by atoms with van der Waals surface area (Å²) >= 11 is 0. The number of rotatable bonds is 5. The van der Waals surface area contributed by atoms with Crippen molar-refractivity contribution in [2.24, 2.45) is 0 Å². The minimum Gasteiger partial charge on any atom is -0.507 e. The van der Waals surface area contributed by atoms with E-state index in [1.807, 2.05) is 62.4 Å². The molecule has 0 spiro atoms. The molecule has 3 N–H and O–H groups in total. The summed E-state index contributed by atoms with van der Waals surface area (Å²) in [5, 5.41) is 23.5. The fraction of sp³-hybridized carbons (Fsp3) is 0.294. The van der Waals surface area contributed by atoms with Crippen LogP contribution < -0.4 is 5.32 Å². The van der Waals surface area contributed by atoms with Gasteiger partial charge in [0.05, 0.1) is 6.10 Å². The molecule has 3 nitrogen and oxygen atoms in total. The predicted octanol–water partition coefficient (Wildman–Crippen LogP) is 2.91. The molecule has 3 heteroatoms. The molecule has 0 aliphatic heterocycles. The Kier molecular flexibility index (Phi) is 4.77. The number of benzene rings is 2. The van der Waals surface area contributed by atoms with Crippen LogP contribution in [0, 0.1) is 6.92 Å². The number of nitrogens with one attached hydrogen (secondary N) is 1. The van der Waals surface area contributed by atoms with E-state index in [0.717, 1.165) is 16.7 Å². The number of hydrogen-bond donors (Lipinski definition) is 3. The summed E-state index contributed by atoms with van der Waals surface area (Å²) in [4.78, 5) is 0. The molecule has 0 saturated heterocycles. The van der Waals surface area contributed by atoms with Gasteiger partial charge in [0.1, 0.15) is 5.75 Å². The lowest BCUT2D eigenvalue weighted by Crippen LogP contribution is -2.31. The SMILES string of the molecule is Cc1cccc(CNC(C)C(O)c2ccccc2)c1O. The van der Waals surface area contributed by atoms with Crippen molar-refractivity contribution in [1.82, 2.24) is 5.32 Å². The Hall–Kier alpha value is -1.84. The topological polar surface area (TPSA) is 52.5 Å². The first-order chi connectivity index (χ1) is 9.59. The lowest BCUT2D eigenvalue weighted by Gasteiger charge is -2.21. The zero-order chi connectivity index (χ0) is 14.5. The summed E-state index contributed by atoms with van der Waals surface area (Å²) in [5.41, 5.74) is 2.60. The second-order valence-corrected chi connectivity index (χ2v) is 5.11. The number of aryl methyl sites for hydroxylation is 1. The maximum absolute atomic E-state index is 10.3. The van der Waals surface area contributed by atoms with Crippen LogP contribution in [0.3, 0.4) is 0 Å². The van der Waals surface area contributed by atoms with Gasteiger partial charge in [-0.1, -0.05) is 48.5 Å². The second-order valence-electron chi connectivity index (χ2n) is 5.11. The first kappa shape index (κ1) is 14.6. The van der Waals surface area contributed by atoms with Crippen LogP contribution in [0.1, 0.15) is 29.7 Å². The molecule has 0 heterocycles. The van der Waals surface area contributed by atoms with E-state index in [1.54, 1.807) is 0 Å². The molecule has 0 fully saturated rings. The van der Waals surface area contributed by atoms with Crippen LogP contribution in [0.2, 0.25) is 0 Å². The Morgan fingerprint density at radius 3 is 2.45 bits per heavy atom. The van der Waals surface area contributed by atoms with Crippen LogP contribution in [0.25, 0.3) is 0 Å². The minimum absolute atomic E-state index is 0.0997. The molecular formula is C17H21NO2. The highest BCUT2D eigenvalue weighted by Gasteiger charge is 2.16. The maximum Gasteiger partial charge on any atom is 0.122 e. The largest absolute Gasteiger partial charge is 0.507 e. The quantitative estimate of drug-likeness (QED) is 0.783. The van der Waals surface area contributed by atoms with E-state index in [1.165, 1.54) is 0 Å². The first-order valence-corrected chi connectivity index (χ1v) is 6.83. The summed E-state index contributed by atoms with van der Waals surface area (Å²) in [7, 11) is 0. The van der Waals surface area contributed by atoms with Gasteiger partial charge in [-0.05, 0) is 25.0 Å². The second kappa shape index (κ2) is 6.55. The fourth-order valence-corrected chi connectivity index (χ4v) is 2.18. The van der Waals surface area contributed by atoms with E-state index in [-0.39, 0.29) is 6.04 Å². The van der Waals surface area contributed by atoms with Gasteiger partial charge >= 0.3 is 0 Å². The van der Waals surface area contributed by atoms with Crippen molar-refractivity contribution >= 4 is 0 Å². The van der Waals surface area contributed by atoms with Crippen LogP contribution in [0.4, 0.5) is 0 Å². The van der Waals surface area contributed by atoms with Gasteiger partial charge in [-0.25, -0.2) is 0 Å². The monoisotopic (exact) mass is 271 g/mol. The third-order valence-electron chi connectivity index (χ3n) is 3.55. The summed E-state index contributed by atoms with van der Waals surface area (Å²) in [6.45, 7) is 4.34. The molecule has 2 aromatic carbocycles. The standard InChI is InChI=1S/C17H21NO2/c1-12-7-6-10-15(16(12)19)11-18-13(2)17(20)14-8-4-3-5-9-14/h3-10,13,17-20H,11H2,1-2H3. The lowest BCUT2D eigenvalue weighted by molar-refractivity contribution is 0.135. The van der Waals surface area contributed by atoms with Crippen LogP contribution in [0.15, 0.2) is 48.5 Å². The number of aromatic hydroxyl groups is 1. The Morgan fingerprint density at radius 2 is 1.75 bits per heavy atom. The summed E-state index contributed by atoms with van der Waals surface area (Å²) < 4.78 is 0. The van der Waals surface area contributed by atoms with Gasteiger partial charge in [0, 0.05) is 18.2 Å². The Labute approximate surface area is 119 Å². The highest BCUT2D eigenvalue weighted by atomic mass is 16.3. The van der Waals surface area contributed by atoms with Gasteiger partial charge in [-0.3, -0.25) is 0 Å². The van der Waals surface area contributed by atoms with Gasteiger partial charge < -0.3 is 15.5 Å². The zero-order valence-electron chi connectivity index (χ0n) is 11.9. The van der Waals surface area contributed by atoms with E-state index >= 15 is 0 Å². The van der Waals surface area contributed by atoms with Crippen LogP contribution in [0.5, 0.6) is 5.75 Å². The van der Waals surface area contributed by atoms with Crippen molar-refractivity contribution in [3.05, 3.63) is 65.2 Å². The number of para-hydroxylation sites is 1. The molecule has 0 radical (unpaired) electrons. The molecule has 106 valence electrons. The molecule has 2 unspecified atom stereocenters. The van der Waals surface area contributed by atoms with E-state index in [2.05, 4.69) is 5.32 Å². The molecule has 0 amide bonds. The van der Waals surface area contributed by atoms with Crippen molar-refractivity contribution in [3.8, 4) is 5.75 Å². The number of aliphatic hydroxyl groups excluding tert-OH is 1. The van der Waals surface area contributed by atoms with Crippen molar-refractivity contribution < 1.29 is 10.2 Å². The lowest BCUT2D eigenvalue weighted by atomic mass is 10.0. The van der Waals surface area contributed by atoms with E-state index < -0.39 is 6.10 Å². The number of phenols is 1. The van der Waals surface area contributed by atoms with Gasteiger partial charge in [-0.15, -0.1) is 0 Å². The average Bonchev–Trinajstić information content (AvgIpc) is 2.48. The first-order valence-electron chi connectivity index (χ1n) is 6.83. The normalized spacial score (nSPS) is 13.9. The van der Waals surface area contributed by atoms with Crippen LogP contribution in [-0.2, 0) is 6.54 Å². The van der Waals surface area contributed by atoms with E-state index in [4.69, 9.17) is 0 Å². The van der Waals surface area contributed by atoms with Gasteiger partial charge in [0.2, 0.25) is 0 Å². The number of hydrogen-bond acceptors (Lipinski definition) is 3. The van der Waals surface area contributed by atoms with Crippen molar-refractivity contribution in [3.63, 3.8) is 0 Å².